The van der Waals surface area contributed by atoms with Gasteiger partial charge in [-0.2, -0.15) is 0 Å². The van der Waals surface area contributed by atoms with Crippen LogP contribution in [0.4, 0.5) is 0 Å². The number of hydrogen-bond acceptors (Lipinski definition) is 6. The van der Waals surface area contributed by atoms with Gasteiger partial charge in [0.2, 0.25) is 5.76 Å². The highest BCUT2D eigenvalue weighted by atomic mass is 32.1. The number of hydrogen-bond donors (Lipinski definition) is 1. The van der Waals surface area contributed by atoms with Crippen LogP contribution in [-0.2, 0) is 4.74 Å². The van der Waals surface area contributed by atoms with Crippen molar-refractivity contribution in [2.24, 2.45) is 5.73 Å². The van der Waals surface area contributed by atoms with Crippen molar-refractivity contribution >= 4 is 17.3 Å². The summed E-state index contributed by atoms with van der Waals surface area (Å²) in [4.78, 5) is 12.2. The summed E-state index contributed by atoms with van der Waals surface area (Å²) >= 11 is 1.47. The number of esters is 1. The summed E-state index contributed by atoms with van der Waals surface area (Å²) in [5.74, 6) is 0.897. The molecular weight excluding hydrogens is 254 g/mol. The van der Waals surface area contributed by atoms with E-state index in [4.69, 9.17) is 14.9 Å². The maximum Gasteiger partial charge on any atom is 0.373 e. The fraction of sp³-hybridized carbons (Fsp3) is 0.250. The number of ether oxygens (including phenoxy) is 2. The van der Waals surface area contributed by atoms with Crippen LogP contribution in [0.3, 0.4) is 0 Å². The zero-order valence-electron chi connectivity index (χ0n) is 10.0. The SMILES string of the molecule is COC(=O)c1ccc(C(N)c2cc(OC)cs2)o1. The molecule has 2 aromatic heterocycles. The molecule has 0 aliphatic heterocycles. The molecule has 2 heterocycles. The van der Waals surface area contributed by atoms with Crippen LogP contribution < -0.4 is 10.5 Å². The highest BCUT2D eigenvalue weighted by Gasteiger charge is 2.18. The predicted octanol–water partition coefficient (Wildman–Crippen LogP) is 2.18. The summed E-state index contributed by atoms with van der Waals surface area (Å²) < 4.78 is 15.0. The lowest BCUT2D eigenvalue weighted by Gasteiger charge is -2.05. The van der Waals surface area contributed by atoms with Crippen molar-refractivity contribution in [1.29, 1.82) is 0 Å². The third-order valence-electron chi connectivity index (χ3n) is 2.46. The molecule has 5 nitrogen and oxygen atoms in total. The molecule has 1 unspecified atom stereocenters. The van der Waals surface area contributed by atoms with Crippen LogP contribution in [0.2, 0.25) is 0 Å². The number of rotatable bonds is 4. The molecule has 0 aromatic carbocycles. The lowest BCUT2D eigenvalue weighted by Crippen LogP contribution is -2.09. The largest absolute Gasteiger partial charge is 0.496 e. The van der Waals surface area contributed by atoms with Crippen molar-refractivity contribution in [3.63, 3.8) is 0 Å². The summed E-state index contributed by atoms with van der Waals surface area (Å²) in [6.07, 6.45) is 0. The Morgan fingerprint density at radius 1 is 1.44 bits per heavy atom. The fourth-order valence-corrected chi connectivity index (χ4v) is 2.34. The van der Waals surface area contributed by atoms with E-state index >= 15 is 0 Å². The van der Waals surface area contributed by atoms with Crippen molar-refractivity contribution < 1.29 is 18.7 Å². The van der Waals surface area contributed by atoms with Gasteiger partial charge in [-0.1, -0.05) is 0 Å². The Labute approximate surface area is 108 Å². The molecule has 96 valence electrons. The molecule has 0 amide bonds. The maximum absolute atomic E-state index is 11.3. The highest BCUT2D eigenvalue weighted by Crippen LogP contribution is 2.30. The van der Waals surface area contributed by atoms with Crippen LogP contribution in [0.25, 0.3) is 0 Å². The summed E-state index contributed by atoms with van der Waals surface area (Å²) in [7, 11) is 2.90. The molecule has 0 aliphatic carbocycles. The van der Waals surface area contributed by atoms with Crippen LogP contribution >= 0.6 is 11.3 Å². The molecule has 0 aliphatic rings. The van der Waals surface area contributed by atoms with Crippen LogP contribution in [0.1, 0.15) is 27.2 Å². The van der Waals surface area contributed by atoms with E-state index in [9.17, 15) is 4.79 Å². The van der Waals surface area contributed by atoms with E-state index in [1.807, 2.05) is 11.4 Å². The number of methoxy groups -OCH3 is 2. The zero-order chi connectivity index (χ0) is 13.1. The Morgan fingerprint density at radius 2 is 2.22 bits per heavy atom. The number of carbonyl (C=O) groups excluding carboxylic acids is 1. The van der Waals surface area contributed by atoms with E-state index < -0.39 is 12.0 Å². The third kappa shape index (κ3) is 2.39. The molecule has 0 radical (unpaired) electrons. The fourth-order valence-electron chi connectivity index (χ4n) is 1.47. The second-order valence-electron chi connectivity index (χ2n) is 3.56. The van der Waals surface area contributed by atoms with Crippen molar-refractivity contribution in [1.82, 2.24) is 0 Å². The van der Waals surface area contributed by atoms with Crippen molar-refractivity contribution in [2.45, 2.75) is 6.04 Å². The van der Waals surface area contributed by atoms with Gasteiger partial charge >= 0.3 is 5.97 Å². The molecule has 0 spiro atoms. The smallest absolute Gasteiger partial charge is 0.373 e. The molecule has 0 bridgehead atoms. The van der Waals surface area contributed by atoms with E-state index in [1.54, 1.807) is 19.2 Å². The van der Waals surface area contributed by atoms with Gasteiger partial charge in [0.15, 0.2) is 0 Å². The quantitative estimate of drug-likeness (QED) is 0.859. The number of furan rings is 1. The van der Waals surface area contributed by atoms with E-state index in [2.05, 4.69) is 4.74 Å². The monoisotopic (exact) mass is 267 g/mol. The summed E-state index contributed by atoms with van der Waals surface area (Å²) in [6.45, 7) is 0. The van der Waals surface area contributed by atoms with Gasteiger partial charge in [-0.3, -0.25) is 0 Å². The molecule has 18 heavy (non-hydrogen) atoms. The molecule has 0 fully saturated rings. The van der Waals surface area contributed by atoms with Gasteiger partial charge in [0.1, 0.15) is 11.5 Å². The third-order valence-corrected chi connectivity index (χ3v) is 3.45. The van der Waals surface area contributed by atoms with Crippen molar-refractivity contribution in [3.05, 3.63) is 40.0 Å². The first-order valence-electron chi connectivity index (χ1n) is 5.21. The van der Waals surface area contributed by atoms with E-state index in [0.29, 0.717) is 5.76 Å². The predicted molar refractivity (Wildman–Crippen MR) is 66.9 cm³/mol. The van der Waals surface area contributed by atoms with E-state index in [0.717, 1.165) is 10.6 Å². The highest BCUT2D eigenvalue weighted by molar-refractivity contribution is 7.10. The minimum Gasteiger partial charge on any atom is -0.496 e. The van der Waals surface area contributed by atoms with Crippen molar-refractivity contribution in [2.75, 3.05) is 14.2 Å². The average molecular weight is 267 g/mol. The van der Waals surface area contributed by atoms with Crippen LogP contribution in [-0.4, -0.2) is 20.2 Å². The molecule has 2 rings (SSSR count). The van der Waals surface area contributed by atoms with Gasteiger partial charge in [0.25, 0.3) is 0 Å². The molecule has 0 saturated carbocycles. The maximum atomic E-state index is 11.3. The van der Waals surface area contributed by atoms with Gasteiger partial charge in [0.05, 0.1) is 20.3 Å². The minimum atomic E-state index is -0.516. The van der Waals surface area contributed by atoms with Crippen LogP contribution in [0.5, 0.6) is 5.75 Å². The van der Waals surface area contributed by atoms with E-state index in [1.165, 1.54) is 18.4 Å². The molecule has 0 saturated heterocycles. The van der Waals surface area contributed by atoms with Crippen LogP contribution in [0.15, 0.2) is 28.0 Å². The second-order valence-corrected chi connectivity index (χ2v) is 4.50. The lowest BCUT2D eigenvalue weighted by molar-refractivity contribution is 0.0562. The number of nitrogens with two attached hydrogens (primary N) is 1. The molecule has 6 heteroatoms. The second kappa shape index (κ2) is 5.24. The Morgan fingerprint density at radius 3 is 2.83 bits per heavy atom. The van der Waals surface area contributed by atoms with Gasteiger partial charge in [-0.05, 0) is 18.2 Å². The first-order chi connectivity index (χ1) is 8.65. The average Bonchev–Trinajstić information content (AvgIpc) is 3.05. The number of thiophene rings is 1. The van der Waals surface area contributed by atoms with Gasteiger partial charge in [-0.25, -0.2) is 4.79 Å². The Hall–Kier alpha value is -1.79. The van der Waals surface area contributed by atoms with E-state index in [-0.39, 0.29) is 5.76 Å². The topological polar surface area (TPSA) is 74.7 Å². The zero-order valence-corrected chi connectivity index (χ0v) is 10.8. The summed E-state index contributed by atoms with van der Waals surface area (Å²) in [5, 5.41) is 1.86. The summed E-state index contributed by atoms with van der Waals surface area (Å²) in [6, 6.07) is 4.64. The molecule has 2 N–H and O–H groups in total. The Bertz CT molecular complexity index is 546. The minimum absolute atomic E-state index is 0.145. The van der Waals surface area contributed by atoms with Gasteiger partial charge < -0.3 is 19.6 Å². The lowest BCUT2D eigenvalue weighted by atomic mass is 10.2. The van der Waals surface area contributed by atoms with Crippen molar-refractivity contribution in [3.8, 4) is 5.75 Å². The normalized spacial score (nSPS) is 12.2. The Balaban J connectivity index is 2.20. The van der Waals surface area contributed by atoms with Gasteiger partial charge in [0, 0.05) is 10.3 Å². The van der Waals surface area contributed by atoms with Gasteiger partial charge in [-0.15, -0.1) is 11.3 Å². The Kier molecular flexibility index (Phi) is 3.69. The number of carbonyl (C=O) groups is 1. The standard InChI is InChI=1S/C12H13NO4S/c1-15-7-5-10(18-6-7)11(13)8-3-4-9(17-8)12(14)16-2/h3-6,11H,13H2,1-2H3. The summed E-state index contributed by atoms with van der Waals surface area (Å²) in [5.41, 5.74) is 6.05. The first kappa shape index (κ1) is 12.7. The molecular formula is C12H13NO4S. The molecule has 2 aromatic rings. The molecule has 1 atom stereocenters. The first-order valence-corrected chi connectivity index (χ1v) is 6.09. The van der Waals surface area contributed by atoms with Crippen LogP contribution in [0, 0.1) is 0 Å².